The molecule has 0 unspecified atom stereocenters. The van der Waals surface area contributed by atoms with Crippen molar-refractivity contribution in [1.29, 1.82) is 0 Å². The number of nitrogens with two attached hydrogens (primary N) is 1. The number of nitrogen functional groups attached to an aromatic ring is 1. The summed E-state index contributed by atoms with van der Waals surface area (Å²) in [6.07, 6.45) is 0. The molecule has 0 amide bonds. The minimum Gasteiger partial charge on any atom is -1.00 e. The fourth-order valence-corrected chi connectivity index (χ4v) is 1.94. The number of para-hydroxylation sites is 2. The predicted molar refractivity (Wildman–Crippen MR) is 70.6 cm³/mol. The number of halogens is 1. The zero-order chi connectivity index (χ0) is 12.3. The molecule has 94 valence electrons. The van der Waals surface area contributed by atoms with Gasteiger partial charge in [-0.25, -0.2) is 4.98 Å². The van der Waals surface area contributed by atoms with E-state index in [1.165, 1.54) is 0 Å². The molecule has 4 heteroatoms. The Morgan fingerprint density at radius 1 is 0.833 bits per heavy atom. The summed E-state index contributed by atoms with van der Waals surface area (Å²) in [6.45, 7) is 0. The molecule has 0 fully saturated rings. The fourth-order valence-electron chi connectivity index (χ4n) is 1.94. The van der Waals surface area contributed by atoms with Crippen molar-refractivity contribution in [3.63, 3.8) is 0 Å². The first-order valence-electron chi connectivity index (χ1n) is 5.39. The third kappa shape index (κ3) is 2.37. The van der Waals surface area contributed by atoms with Crippen molar-refractivity contribution < 1.29 is 22.5 Å². The van der Waals surface area contributed by atoms with Crippen molar-refractivity contribution >= 4 is 27.5 Å². The smallest absolute Gasteiger partial charge is 0.213 e. The number of hydrogen-bond acceptors (Lipinski definition) is 2. The molecule has 2 aromatic carbocycles. The molecule has 0 atom stereocenters. The fraction of sp³-hybridized carbons (Fsp3) is 0.0714. The lowest BCUT2D eigenvalue weighted by atomic mass is 10.1. The Bertz CT molecular complexity index is 601. The van der Waals surface area contributed by atoms with Crippen molar-refractivity contribution in [2.24, 2.45) is 0 Å². The zero-order valence-corrected chi connectivity index (χ0v) is 10.8. The number of pyridine rings is 1. The SMILES string of the molecule is CO.Nc1c2ccccc2[nH+]c2ccccc12.[Cl-]. The molecule has 0 bridgehead atoms. The van der Waals surface area contributed by atoms with Gasteiger partial charge in [0.1, 0.15) is 0 Å². The zero-order valence-electron chi connectivity index (χ0n) is 10.0. The minimum atomic E-state index is 0. The van der Waals surface area contributed by atoms with Crippen molar-refractivity contribution in [1.82, 2.24) is 0 Å². The summed E-state index contributed by atoms with van der Waals surface area (Å²) in [7, 11) is 1.00. The van der Waals surface area contributed by atoms with Crippen LogP contribution in [0.15, 0.2) is 48.5 Å². The molecular formula is C14H15ClN2O. The van der Waals surface area contributed by atoms with Gasteiger partial charge in [-0.15, -0.1) is 0 Å². The molecular weight excluding hydrogens is 248 g/mol. The molecule has 0 radical (unpaired) electrons. The number of anilines is 1. The third-order valence-corrected chi connectivity index (χ3v) is 2.70. The molecule has 1 aromatic heterocycles. The Labute approximate surface area is 112 Å². The van der Waals surface area contributed by atoms with Gasteiger partial charge in [0.05, 0.1) is 16.5 Å². The molecule has 3 nitrogen and oxygen atoms in total. The highest BCUT2D eigenvalue weighted by Gasteiger charge is 2.09. The van der Waals surface area contributed by atoms with E-state index in [1.807, 2.05) is 48.5 Å². The normalized spacial score (nSPS) is 9.44. The number of rotatable bonds is 0. The first-order chi connectivity index (χ1) is 8.36. The number of hydrogen-bond donors (Lipinski definition) is 2. The summed E-state index contributed by atoms with van der Waals surface area (Å²) in [6, 6.07) is 16.2. The lowest BCUT2D eigenvalue weighted by Crippen LogP contribution is -3.00. The van der Waals surface area contributed by atoms with Crippen LogP contribution in [0.2, 0.25) is 0 Å². The Balaban J connectivity index is 0.000000516. The van der Waals surface area contributed by atoms with Gasteiger partial charge in [-0.05, 0) is 12.1 Å². The van der Waals surface area contributed by atoms with Gasteiger partial charge >= 0.3 is 0 Å². The van der Waals surface area contributed by atoms with E-state index < -0.39 is 0 Å². The Kier molecular flexibility index (Phi) is 4.89. The van der Waals surface area contributed by atoms with E-state index in [4.69, 9.17) is 10.8 Å². The number of benzene rings is 2. The maximum atomic E-state index is 7.00. The molecule has 18 heavy (non-hydrogen) atoms. The summed E-state index contributed by atoms with van der Waals surface area (Å²) in [4.78, 5) is 3.37. The Morgan fingerprint density at radius 3 is 1.67 bits per heavy atom. The van der Waals surface area contributed by atoms with Crippen LogP contribution in [0, 0.1) is 0 Å². The van der Waals surface area contributed by atoms with Crippen LogP contribution in [0.25, 0.3) is 21.8 Å². The van der Waals surface area contributed by atoms with Crippen LogP contribution < -0.4 is 23.1 Å². The molecule has 3 aromatic rings. The first-order valence-corrected chi connectivity index (χ1v) is 5.39. The van der Waals surface area contributed by atoms with E-state index >= 15 is 0 Å². The number of aliphatic hydroxyl groups is 1. The minimum absolute atomic E-state index is 0. The van der Waals surface area contributed by atoms with Gasteiger partial charge in [-0.2, -0.15) is 0 Å². The van der Waals surface area contributed by atoms with Crippen LogP contribution in [0.1, 0.15) is 0 Å². The second kappa shape index (κ2) is 6.19. The number of aromatic amines is 1. The van der Waals surface area contributed by atoms with E-state index in [1.54, 1.807) is 0 Å². The van der Waals surface area contributed by atoms with Crippen molar-refractivity contribution in [3.05, 3.63) is 48.5 Å². The summed E-state index contributed by atoms with van der Waals surface area (Å²) in [5, 5.41) is 9.16. The Morgan fingerprint density at radius 2 is 1.22 bits per heavy atom. The average molecular weight is 263 g/mol. The highest BCUT2D eigenvalue weighted by atomic mass is 35.5. The summed E-state index contributed by atoms with van der Waals surface area (Å²) >= 11 is 0. The molecule has 3 rings (SSSR count). The highest BCUT2D eigenvalue weighted by molar-refractivity contribution is 6.03. The quantitative estimate of drug-likeness (QED) is 0.511. The molecule has 0 aliphatic rings. The van der Waals surface area contributed by atoms with Gasteiger partial charge in [0.2, 0.25) is 11.0 Å². The third-order valence-electron chi connectivity index (χ3n) is 2.70. The van der Waals surface area contributed by atoms with Gasteiger partial charge in [0.25, 0.3) is 0 Å². The van der Waals surface area contributed by atoms with Crippen LogP contribution >= 0.6 is 0 Å². The number of nitrogens with one attached hydrogen (secondary N) is 1. The monoisotopic (exact) mass is 262 g/mol. The second-order valence-electron chi connectivity index (χ2n) is 3.63. The summed E-state index contributed by atoms with van der Waals surface area (Å²) < 4.78 is 0. The number of aliphatic hydroxyl groups excluding tert-OH is 1. The molecule has 0 saturated carbocycles. The molecule has 0 saturated heterocycles. The van der Waals surface area contributed by atoms with Crippen molar-refractivity contribution in [2.45, 2.75) is 0 Å². The molecule has 0 aliphatic carbocycles. The van der Waals surface area contributed by atoms with Crippen LogP contribution in [0.5, 0.6) is 0 Å². The summed E-state index contributed by atoms with van der Waals surface area (Å²) in [5.74, 6) is 0. The average Bonchev–Trinajstić information content (AvgIpc) is 2.41. The Hall–Kier alpha value is -1.84. The van der Waals surface area contributed by atoms with Gasteiger partial charge in [0, 0.05) is 19.2 Å². The number of fused-ring (bicyclic) bond motifs is 2. The van der Waals surface area contributed by atoms with Crippen LogP contribution in [0.3, 0.4) is 0 Å². The maximum Gasteiger partial charge on any atom is 0.213 e. The van der Waals surface area contributed by atoms with Crippen molar-refractivity contribution in [2.75, 3.05) is 12.8 Å². The highest BCUT2D eigenvalue weighted by Crippen LogP contribution is 2.24. The molecule has 4 N–H and O–H groups in total. The van der Waals surface area contributed by atoms with E-state index in [-0.39, 0.29) is 12.4 Å². The molecule has 0 spiro atoms. The van der Waals surface area contributed by atoms with E-state index in [0.717, 1.165) is 34.6 Å². The van der Waals surface area contributed by atoms with Gasteiger partial charge in [0.15, 0.2) is 0 Å². The van der Waals surface area contributed by atoms with E-state index in [2.05, 4.69) is 4.98 Å². The lowest BCUT2D eigenvalue weighted by Gasteiger charge is -2.00. The van der Waals surface area contributed by atoms with Crippen molar-refractivity contribution in [3.8, 4) is 0 Å². The van der Waals surface area contributed by atoms with Gasteiger partial charge in [-0.3, -0.25) is 0 Å². The van der Waals surface area contributed by atoms with E-state index in [0.29, 0.717) is 0 Å². The first kappa shape index (κ1) is 14.2. The standard InChI is InChI=1S/C13H10N2.CH4O.ClH/c14-13-9-5-1-3-7-11(9)15-12-8-4-2-6-10(12)13;1-2;/h1-8H,(H2,14,15);2H,1H3;1H. The molecule has 1 heterocycles. The predicted octanol–water partition coefficient (Wildman–Crippen LogP) is -0.998. The summed E-state index contributed by atoms with van der Waals surface area (Å²) in [5.41, 5.74) is 9.14. The van der Waals surface area contributed by atoms with Crippen LogP contribution in [-0.2, 0) is 0 Å². The number of aromatic nitrogens is 1. The largest absolute Gasteiger partial charge is 1.00 e. The van der Waals surface area contributed by atoms with Gasteiger partial charge < -0.3 is 23.2 Å². The lowest BCUT2D eigenvalue weighted by molar-refractivity contribution is -0.310. The second-order valence-corrected chi connectivity index (χ2v) is 3.63. The van der Waals surface area contributed by atoms with Gasteiger partial charge in [-0.1, -0.05) is 24.3 Å². The maximum absolute atomic E-state index is 7.00. The van der Waals surface area contributed by atoms with Crippen LogP contribution in [0.4, 0.5) is 5.69 Å². The van der Waals surface area contributed by atoms with Crippen LogP contribution in [-0.4, -0.2) is 12.2 Å². The molecule has 0 aliphatic heterocycles. The topological polar surface area (TPSA) is 60.4 Å². The number of H-pyrrole nitrogens is 1. The van der Waals surface area contributed by atoms with E-state index in [9.17, 15) is 0 Å².